The van der Waals surface area contributed by atoms with Gasteiger partial charge in [0.05, 0.1) is 12.8 Å². The van der Waals surface area contributed by atoms with Crippen LogP contribution in [0.1, 0.15) is 5.69 Å². The smallest absolute Gasteiger partial charge is 0.166 e. The third-order valence-corrected chi connectivity index (χ3v) is 3.33. The summed E-state index contributed by atoms with van der Waals surface area (Å²) in [6, 6.07) is 16.1. The molecule has 0 aliphatic heterocycles. The van der Waals surface area contributed by atoms with Crippen molar-refractivity contribution in [3.8, 4) is 40.2 Å². The van der Waals surface area contributed by atoms with E-state index in [1.807, 2.05) is 24.3 Å². The van der Waals surface area contributed by atoms with Crippen LogP contribution >= 0.6 is 0 Å². The average molecular weight is 291 g/mol. The van der Waals surface area contributed by atoms with Gasteiger partial charge in [0.25, 0.3) is 0 Å². The second-order valence-electron chi connectivity index (χ2n) is 4.70. The number of H-pyrrole nitrogens is 1. The molecule has 2 aromatic carbocycles. The van der Waals surface area contributed by atoms with Crippen molar-refractivity contribution in [3.63, 3.8) is 0 Å². The molecule has 0 bridgehead atoms. The maximum Gasteiger partial charge on any atom is 0.166 e. The topological polar surface area (TPSA) is 81.9 Å². The number of imidazole rings is 1. The van der Waals surface area contributed by atoms with E-state index < -0.39 is 0 Å². The number of rotatable bonds is 3. The summed E-state index contributed by atoms with van der Waals surface area (Å²) >= 11 is 0. The second-order valence-corrected chi connectivity index (χ2v) is 4.70. The number of phenols is 1. The summed E-state index contributed by atoms with van der Waals surface area (Å²) in [4.78, 5) is 7.50. The van der Waals surface area contributed by atoms with E-state index in [1.165, 1.54) is 0 Å². The van der Waals surface area contributed by atoms with Crippen molar-refractivity contribution < 1.29 is 9.84 Å². The fourth-order valence-corrected chi connectivity index (χ4v) is 2.18. The summed E-state index contributed by atoms with van der Waals surface area (Å²) in [7, 11) is 1.61. The Balaban J connectivity index is 2.04. The van der Waals surface area contributed by atoms with Crippen LogP contribution in [0.4, 0.5) is 0 Å². The van der Waals surface area contributed by atoms with Crippen molar-refractivity contribution in [1.82, 2.24) is 9.97 Å². The van der Waals surface area contributed by atoms with Gasteiger partial charge in [-0.25, -0.2) is 4.98 Å². The molecule has 1 heterocycles. The standard InChI is InChI=1S/C17H13N3O2/c1-22-14-8-4-12(5-9-14)17-19-15(10-18)16(20-17)11-2-6-13(21)7-3-11/h2-9,21H,1H3,(H,19,20). The number of hydrogen-bond donors (Lipinski definition) is 2. The number of ether oxygens (including phenoxy) is 1. The first-order valence-electron chi connectivity index (χ1n) is 6.65. The van der Waals surface area contributed by atoms with E-state index in [0.717, 1.165) is 16.9 Å². The Bertz CT molecular complexity index is 828. The Kier molecular flexibility index (Phi) is 3.50. The van der Waals surface area contributed by atoms with Gasteiger partial charge in [-0.05, 0) is 48.5 Å². The third-order valence-electron chi connectivity index (χ3n) is 3.33. The summed E-state index contributed by atoms with van der Waals surface area (Å²) in [6.07, 6.45) is 0. The lowest BCUT2D eigenvalue weighted by Crippen LogP contribution is -1.84. The van der Waals surface area contributed by atoms with Gasteiger partial charge >= 0.3 is 0 Å². The largest absolute Gasteiger partial charge is 0.508 e. The lowest BCUT2D eigenvalue weighted by Gasteiger charge is -2.01. The molecule has 3 aromatic rings. The zero-order chi connectivity index (χ0) is 15.5. The molecule has 0 amide bonds. The Hall–Kier alpha value is -3.26. The third kappa shape index (κ3) is 2.50. The molecule has 0 aliphatic carbocycles. The van der Waals surface area contributed by atoms with Gasteiger partial charge in [-0.2, -0.15) is 5.26 Å². The van der Waals surface area contributed by atoms with E-state index in [-0.39, 0.29) is 5.75 Å². The van der Waals surface area contributed by atoms with E-state index in [1.54, 1.807) is 31.4 Å². The van der Waals surface area contributed by atoms with Crippen LogP contribution in [-0.4, -0.2) is 22.2 Å². The first kappa shape index (κ1) is 13.7. The second kappa shape index (κ2) is 5.62. The molecular weight excluding hydrogens is 278 g/mol. The Morgan fingerprint density at radius 3 is 2.27 bits per heavy atom. The lowest BCUT2D eigenvalue weighted by molar-refractivity contribution is 0.415. The number of methoxy groups -OCH3 is 1. The number of phenolic OH excluding ortho intramolecular Hbond substituents is 1. The van der Waals surface area contributed by atoms with Crippen molar-refractivity contribution in [2.45, 2.75) is 0 Å². The fourth-order valence-electron chi connectivity index (χ4n) is 2.18. The number of hydrogen-bond acceptors (Lipinski definition) is 4. The summed E-state index contributed by atoms with van der Waals surface area (Å²) in [5.74, 6) is 1.55. The fraction of sp³-hybridized carbons (Fsp3) is 0.0588. The van der Waals surface area contributed by atoms with Gasteiger partial charge in [0, 0.05) is 11.1 Å². The molecule has 22 heavy (non-hydrogen) atoms. The molecule has 0 fully saturated rings. The van der Waals surface area contributed by atoms with Crippen LogP contribution in [0.2, 0.25) is 0 Å². The quantitative estimate of drug-likeness (QED) is 0.775. The van der Waals surface area contributed by atoms with Gasteiger partial charge in [0.15, 0.2) is 5.69 Å². The van der Waals surface area contributed by atoms with E-state index in [0.29, 0.717) is 17.2 Å². The Morgan fingerprint density at radius 1 is 1.05 bits per heavy atom. The summed E-state index contributed by atoms with van der Waals surface area (Å²) < 4.78 is 5.13. The SMILES string of the molecule is COc1ccc(-c2nc(C#N)c(-c3ccc(O)cc3)[nH]2)cc1. The molecule has 108 valence electrons. The molecule has 0 radical (unpaired) electrons. The highest BCUT2D eigenvalue weighted by Gasteiger charge is 2.13. The van der Waals surface area contributed by atoms with Crippen LogP contribution in [0.3, 0.4) is 0 Å². The first-order valence-corrected chi connectivity index (χ1v) is 6.65. The van der Waals surface area contributed by atoms with E-state index in [2.05, 4.69) is 16.0 Å². The molecule has 0 aliphatic rings. The highest BCUT2D eigenvalue weighted by atomic mass is 16.5. The minimum absolute atomic E-state index is 0.178. The Labute approximate surface area is 127 Å². The molecule has 1 aromatic heterocycles. The number of aromatic hydroxyl groups is 1. The molecule has 0 saturated heterocycles. The van der Waals surface area contributed by atoms with Crippen LogP contribution in [-0.2, 0) is 0 Å². The molecule has 2 N–H and O–H groups in total. The number of nitrogens with one attached hydrogen (secondary N) is 1. The van der Waals surface area contributed by atoms with Gasteiger partial charge in [0.1, 0.15) is 23.4 Å². The van der Waals surface area contributed by atoms with Crippen LogP contribution < -0.4 is 4.74 Å². The summed E-state index contributed by atoms with van der Waals surface area (Å²) in [5, 5.41) is 18.6. The normalized spacial score (nSPS) is 10.2. The van der Waals surface area contributed by atoms with Crippen molar-refractivity contribution in [1.29, 1.82) is 5.26 Å². The predicted octanol–water partition coefficient (Wildman–Crippen LogP) is 3.33. The van der Waals surface area contributed by atoms with Gasteiger partial charge in [-0.15, -0.1) is 0 Å². The van der Waals surface area contributed by atoms with Crippen molar-refractivity contribution in [2.24, 2.45) is 0 Å². The Morgan fingerprint density at radius 2 is 1.68 bits per heavy atom. The van der Waals surface area contributed by atoms with Crippen molar-refractivity contribution >= 4 is 0 Å². The van der Waals surface area contributed by atoms with Crippen LogP contribution in [0.15, 0.2) is 48.5 Å². The maximum absolute atomic E-state index is 9.36. The van der Waals surface area contributed by atoms with Crippen molar-refractivity contribution in [2.75, 3.05) is 7.11 Å². The monoisotopic (exact) mass is 291 g/mol. The number of benzene rings is 2. The first-order chi connectivity index (χ1) is 10.7. The van der Waals surface area contributed by atoms with Crippen LogP contribution in [0.25, 0.3) is 22.6 Å². The molecule has 0 saturated carbocycles. The van der Waals surface area contributed by atoms with Gasteiger partial charge < -0.3 is 14.8 Å². The molecule has 0 atom stereocenters. The highest BCUT2D eigenvalue weighted by molar-refractivity contribution is 5.70. The zero-order valence-corrected chi connectivity index (χ0v) is 11.9. The van der Waals surface area contributed by atoms with Crippen LogP contribution in [0, 0.1) is 11.3 Å². The van der Waals surface area contributed by atoms with Gasteiger partial charge in [-0.1, -0.05) is 0 Å². The predicted molar refractivity (Wildman–Crippen MR) is 82.4 cm³/mol. The average Bonchev–Trinajstić information content (AvgIpc) is 3.00. The molecular formula is C17H13N3O2. The number of nitrogens with zero attached hydrogens (tertiary/aromatic N) is 2. The summed E-state index contributed by atoms with van der Waals surface area (Å²) in [5.41, 5.74) is 2.61. The lowest BCUT2D eigenvalue weighted by atomic mass is 10.1. The van der Waals surface area contributed by atoms with E-state index in [4.69, 9.17) is 4.74 Å². The summed E-state index contributed by atoms with van der Waals surface area (Å²) in [6.45, 7) is 0. The number of nitriles is 1. The number of aromatic nitrogens is 2. The minimum atomic E-state index is 0.178. The van der Waals surface area contributed by atoms with E-state index >= 15 is 0 Å². The van der Waals surface area contributed by atoms with Crippen molar-refractivity contribution in [3.05, 3.63) is 54.2 Å². The molecule has 0 unspecified atom stereocenters. The maximum atomic E-state index is 9.36. The minimum Gasteiger partial charge on any atom is -0.508 e. The van der Waals surface area contributed by atoms with Crippen LogP contribution in [0.5, 0.6) is 11.5 Å². The van der Waals surface area contributed by atoms with E-state index in [9.17, 15) is 10.4 Å². The zero-order valence-electron chi connectivity index (χ0n) is 11.9. The molecule has 3 rings (SSSR count). The van der Waals surface area contributed by atoms with Gasteiger partial charge in [-0.3, -0.25) is 0 Å². The van der Waals surface area contributed by atoms with Gasteiger partial charge in [0.2, 0.25) is 0 Å². The molecule has 5 nitrogen and oxygen atoms in total. The number of aromatic amines is 1. The highest BCUT2D eigenvalue weighted by Crippen LogP contribution is 2.27. The molecule has 0 spiro atoms. The molecule has 5 heteroatoms.